The predicted molar refractivity (Wildman–Crippen MR) is 40.4 cm³/mol. The van der Waals surface area contributed by atoms with Crippen LogP contribution in [0, 0.1) is 6.07 Å². The van der Waals surface area contributed by atoms with Crippen molar-refractivity contribution in [3.8, 4) is 0 Å². The summed E-state index contributed by atoms with van der Waals surface area (Å²) in [5, 5.41) is 0. The van der Waals surface area contributed by atoms with Gasteiger partial charge in [-0.15, -0.1) is 0 Å². The quantitative estimate of drug-likeness (QED) is 0.645. The Morgan fingerprint density at radius 3 is 2.64 bits per heavy atom. The van der Waals surface area contributed by atoms with Crippen LogP contribution >= 0.6 is 0 Å². The molecule has 0 aliphatic heterocycles. The van der Waals surface area contributed by atoms with Crippen LogP contribution in [0.2, 0.25) is 0 Å². The van der Waals surface area contributed by atoms with E-state index in [0.29, 0.717) is 0 Å². The first-order chi connectivity index (χ1) is 5.08. The van der Waals surface area contributed by atoms with Crippen LogP contribution < -0.4 is 4.72 Å². The van der Waals surface area contributed by atoms with Crippen molar-refractivity contribution in [2.24, 2.45) is 0 Å². The van der Waals surface area contributed by atoms with Gasteiger partial charge in [0.25, 0.3) is 0 Å². The second kappa shape index (κ2) is 2.89. The van der Waals surface area contributed by atoms with E-state index in [9.17, 15) is 8.42 Å². The molecule has 1 radical (unpaired) electrons. The Morgan fingerprint density at radius 1 is 1.45 bits per heavy atom. The molecular formula is C6H6NO3S. The molecule has 0 bridgehead atoms. The molecular weight excluding hydrogens is 166 g/mol. The second-order valence-electron chi connectivity index (χ2n) is 1.85. The Balaban J connectivity index is 2.82. The molecule has 0 amide bonds. The third kappa shape index (κ3) is 3.01. The van der Waals surface area contributed by atoms with E-state index in [2.05, 4.69) is 6.07 Å². The van der Waals surface area contributed by atoms with Crippen molar-refractivity contribution in [1.82, 2.24) is 0 Å². The van der Waals surface area contributed by atoms with Crippen LogP contribution in [0.4, 0.5) is 5.69 Å². The van der Waals surface area contributed by atoms with Crippen LogP contribution in [0.1, 0.15) is 0 Å². The van der Waals surface area contributed by atoms with Crippen molar-refractivity contribution in [3.63, 3.8) is 0 Å². The van der Waals surface area contributed by atoms with Crippen molar-refractivity contribution >= 4 is 16.0 Å². The van der Waals surface area contributed by atoms with E-state index in [1.807, 2.05) is 4.72 Å². The van der Waals surface area contributed by atoms with Gasteiger partial charge in [-0.1, -0.05) is 18.2 Å². The van der Waals surface area contributed by atoms with Crippen LogP contribution in [0.25, 0.3) is 0 Å². The first-order valence-electron chi connectivity index (χ1n) is 2.80. The number of hydrogen-bond donors (Lipinski definition) is 2. The molecule has 0 heterocycles. The number of nitrogens with one attached hydrogen (secondary N) is 1. The Bertz CT molecular complexity index is 319. The summed E-state index contributed by atoms with van der Waals surface area (Å²) in [5.74, 6) is 0. The predicted octanol–water partition coefficient (Wildman–Crippen LogP) is 0.701. The highest BCUT2D eigenvalue weighted by Gasteiger charge is 2.01. The molecule has 0 saturated heterocycles. The minimum absolute atomic E-state index is 0.218. The molecule has 1 aromatic rings. The summed E-state index contributed by atoms with van der Waals surface area (Å²) in [6.07, 6.45) is 0. The lowest BCUT2D eigenvalue weighted by Crippen LogP contribution is -2.09. The lowest BCUT2D eigenvalue weighted by Gasteiger charge is -1.98. The van der Waals surface area contributed by atoms with Gasteiger partial charge in [0, 0.05) is 6.07 Å². The van der Waals surface area contributed by atoms with Crippen LogP contribution in [0.3, 0.4) is 0 Å². The molecule has 2 N–H and O–H groups in total. The molecule has 0 aliphatic carbocycles. The van der Waals surface area contributed by atoms with Gasteiger partial charge in [-0.05, 0) is 6.07 Å². The second-order valence-corrected chi connectivity index (χ2v) is 3.01. The van der Waals surface area contributed by atoms with E-state index in [1.54, 1.807) is 12.1 Å². The van der Waals surface area contributed by atoms with Gasteiger partial charge in [-0.2, -0.15) is 8.42 Å². The van der Waals surface area contributed by atoms with Crippen molar-refractivity contribution in [2.75, 3.05) is 4.72 Å². The van der Waals surface area contributed by atoms with Gasteiger partial charge in [0.05, 0.1) is 5.69 Å². The monoisotopic (exact) mass is 172 g/mol. The van der Waals surface area contributed by atoms with Gasteiger partial charge in [0.15, 0.2) is 0 Å². The first kappa shape index (κ1) is 8.03. The minimum atomic E-state index is -4.16. The zero-order valence-electron chi connectivity index (χ0n) is 5.48. The van der Waals surface area contributed by atoms with E-state index >= 15 is 0 Å². The third-order valence-corrected chi connectivity index (χ3v) is 1.43. The van der Waals surface area contributed by atoms with Crippen molar-refractivity contribution in [3.05, 3.63) is 30.3 Å². The van der Waals surface area contributed by atoms with Gasteiger partial charge < -0.3 is 0 Å². The molecule has 0 unspecified atom stereocenters. The van der Waals surface area contributed by atoms with Crippen LogP contribution in [-0.4, -0.2) is 13.0 Å². The average Bonchev–Trinajstić information content (AvgIpc) is 1.85. The van der Waals surface area contributed by atoms with Crippen LogP contribution in [0.15, 0.2) is 24.3 Å². The number of hydrogen-bond acceptors (Lipinski definition) is 2. The maximum Gasteiger partial charge on any atom is 0.357 e. The third-order valence-electron chi connectivity index (χ3n) is 0.948. The van der Waals surface area contributed by atoms with Crippen molar-refractivity contribution < 1.29 is 13.0 Å². The van der Waals surface area contributed by atoms with E-state index in [4.69, 9.17) is 4.55 Å². The molecule has 0 spiro atoms. The standard InChI is InChI=1S/C6H6NO3S/c8-11(9,10)7-6-4-2-1-3-5-6/h1-4,7H,(H,8,9,10). The summed E-state index contributed by atoms with van der Waals surface area (Å²) in [4.78, 5) is 0. The lowest BCUT2D eigenvalue weighted by molar-refractivity contribution is 0.489. The topological polar surface area (TPSA) is 66.4 Å². The zero-order valence-corrected chi connectivity index (χ0v) is 6.30. The summed E-state index contributed by atoms with van der Waals surface area (Å²) in [7, 11) is -4.16. The van der Waals surface area contributed by atoms with Crippen LogP contribution in [-0.2, 0) is 10.3 Å². The molecule has 5 heteroatoms. The molecule has 4 nitrogen and oxygen atoms in total. The Morgan fingerprint density at radius 2 is 2.18 bits per heavy atom. The molecule has 0 aromatic heterocycles. The van der Waals surface area contributed by atoms with E-state index in [0.717, 1.165) is 0 Å². The fourth-order valence-corrected chi connectivity index (χ4v) is 1.00. The van der Waals surface area contributed by atoms with Gasteiger partial charge >= 0.3 is 10.3 Å². The smallest absolute Gasteiger partial charge is 0.269 e. The molecule has 0 fully saturated rings. The number of benzene rings is 1. The van der Waals surface area contributed by atoms with Crippen molar-refractivity contribution in [1.29, 1.82) is 0 Å². The summed E-state index contributed by atoms with van der Waals surface area (Å²) < 4.78 is 30.6. The zero-order chi connectivity index (χ0) is 8.32. The maximum atomic E-state index is 10.2. The molecule has 0 atom stereocenters. The molecule has 0 saturated carbocycles. The molecule has 1 rings (SSSR count). The molecule has 11 heavy (non-hydrogen) atoms. The highest BCUT2D eigenvalue weighted by molar-refractivity contribution is 7.87. The summed E-state index contributed by atoms with van der Waals surface area (Å²) in [5.41, 5.74) is 0.218. The van der Waals surface area contributed by atoms with Gasteiger partial charge in [-0.3, -0.25) is 9.27 Å². The molecule has 0 aliphatic rings. The average molecular weight is 172 g/mol. The Labute approximate surface area is 64.7 Å². The fourth-order valence-electron chi connectivity index (χ4n) is 0.596. The first-order valence-corrected chi connectivity index (χ1v) is 4.24. The Hall–Kier alpha value is -1.07. The summed E-state index contributed by atoms with van der Waals surface area (Å²) in [6, 6.07) is 8.91. The molecule has 1 aromatic carbocycles. The highest BCUT2D eigenvalue weighted by Crippen LogP contribution is 2.04. The summed E-state index contributed by atoms with van der Waals surface area (Å²) in [6.45, 7) is 0. The minimum Gasteiger partial charge on any atom is -0.269 e. The van der Waals surface area contributed by atoms with E-state index < -0.39 is 10.3 Å². The number of anilines is 1. The normalized spacial score (nSPS) is 11.0. The maximum absolute atomic E-state index is 10.2. The van der Waals surface area contributed by atoms with Gasteiger partial charge in [0.2, 0.25) is 0 Å². The van der Waals surface area contributed by atoms with E-state index in [1.165, 1.54) is 12.1 Å². The lowest BCUT2D eigenvalue weighted by atomic mass is 10.3. The Kier molecular flexibility index (Phi) is 2.11. The van der Waals surface area contributed by atoms with Crippen LogP contribution in [0.5, 0.6) is 0 Å². The SMILES string of the molecule is O=S(=O)(O)Nc1[c]cccc1. The summed E-state index contributed by atoms with van der Waals surface area (Å²) >= 11 is 0. The number of rotatable bonds is 2. The molecule has 59 valence electrons. The fraction of sp³-hybridized carbons (Fsp3) is 0. The van der Waals surface area contributed by atoms with Crippen molar-refractivity contribution in [2.45, 2.75) is 0 Å². The van der Waals surface area contributed by atoms with E-state index in [-0.39, 0.29) is 5.69 Å². The number of para-hydroxylation sites is 1. The van der Waals surface area contributed by atoms with Gasteiger partial charge in [-0.25, -0.2) is 0 Å². The highest BCUT2D eigenvalue weighted by atomic mass is 32.2. The largest absolute Gasteiger partial charge is 0.357 e. The van der Waals surface area contributed by atoms with Gasteiger partial charge in [0.1, 0.15) is 0 Å².